The first kappa shape index (κ1) is 19.0. The molecule has 1 aliphatic rings. The highest BCUT2D eigenvalue weighted by Crippen LogP contribution is 2.36. The van der Waals surface area contributed by atoms with E-state index in [0.29, 0.717) is 41.7 Å². The Kier molecular flexibility index (Phi) is 4.68. The lowest BCUT2D eigenvalue weighted by molar-refractivity contribution is -0.274. The zero-order valence-electron chi connectivity index (χ0n) is 14.7. The second kappa shape index (κ2) is 6.90. The van der Waals surface area contributed by atoms with Crippen LogP contribution in [0, 0.1) is 0 Å². The van der Waals surface area contributed by atoms with Gasteiger partial charge in [0.05, 0.1) is 17.5 Å². The number of para-hydroxylation sites is 1. The Bertz CT molecular complexity index is 979. The molecule has 0 amide bonds. The van der Waals surface area contributed by atoms with Crippen molar-refractivity contribution in [1.82, 2.24) is 14.6 Å². The summed E-state index contributed by atoms with van der Waals surface area (Å²) in [7, 11) is 0. The highest BCUT2D eigenvalue weighted by Gasteiger charge is 2.34. The molecule has 1 aliphatic heterocycles. The summed E-state index contributed by atoms with van der Waals surface area (Å²) in [6.45, 7) is 1.39. The minimum absolute atomic E-state index is 0.210. The summed E-state index contributed by atoms with van der Waals surface area (Å²) in [6, 6.07) is 5.89. The Hall–Kier alpha value is -2.37. The molecule has 0 spiro atoms. The smallest absolute Gasteiger partial charge is 0.405 e. The summed E-state index contributed by atoms with van der Waals surface area (Å²) in [4.78, 5) is 6.86. The molecule has 28 heavy (non-hydrogen) atoms. The summed E-state index contributed by atoms with van der Waals surface area (Å²) >= 11 is 1.34. The predicted molar refractivity (Wildman–Crippen MR) is 98.4 cm³/mol. The van der Waals surface area contributed by atoms with Crippen molar-refractivity contribution in [2.75, 3.05) is 24.5 Å². The number of nitrogens with two attached hydrogens (primary N) is 1. The number of aromatic nitrogens is 3. The van der Waals surface area contributed by atoms with Crippen LogP contribution in [-0.2, 0) is 0 Å². The number of hydrogen-bond donors (Lipinski definition) is 2. The fraction of sp³-hybridized carbons (Fsp3) is 0.412. The summed E-state index contributed by atoms with van der Waals surface area (Å²) in [5.74, 6) is -0.308. The van der Waals surface area contributed by atoms with Gasteiger partial charge in [-0.15, -0.1) is 18.3 Å². The average molecular weight is 413 g/mol. The third-order valence-corrected chi connectivity index (χ3v) is 5.79. The van der Waals surface area contributed by atoms with Crippen LogP contribution in [0.15, 0.2) is 30.5 Å². The topological polar surface area (TPSA) is 88.9 Å². The van der Waals surface area contributed by atoms with E-state index in [-0.39, 0.29) is 17.9 Å². The maximum absolute atomic E-state index is 12.7. The van der Waals surface area contributed by atoms with E-state index in [9.17, 15) is 18.3 Å². The number of alkyl halides is 3. The molecule has 4 rings (SSSR count). The molecular weight excluding hydrogens is 395 g/mol. The van der Waals surface area contributed by atoms with Gasteiger partial charge >= 0.3 is 6.36 Å². The van der Waals surface area contributed by atoms with Crippen molar-refractivity contribution in [2.24, 2.45) is 5.73 Å². The number of fused-ring (bicyclic) bond motifs is 1. The number of benzene rings is 1. The van der Waals surface area contributed by atoms with E-state index in [4.69, 9.17) is 5.73 Å². The van der Waals surface area contributed by atoms with Crippen LogP contribution in [-0.4, -0.2) is 51.3 Å². The first-order chi connectivity index (χ1) is 13.3. The molecule has 0 radical (unpaired) electrons. The van der Waals surface area contributed by atoms with Crippen LogP contribution in [0.3, 0.4) is 0 Å². The molecule has 0 saturated carbocycles. The molecule has 1 saturated heterocycles. The lowest BCUT2D eigenvalue weighted by atomic mass is 9.92. The number of ether oxygens (including phenoxy) is 1. The molecule has 7 nitrogen and oxygen atoms in total. The Balaban J connectivity index is 1.65. The number of anilines is 1. The number of piperidine rings is 1. The van der Waals surface area contributed by atoms with E-state index >= 15 is 0 Å². The predicted octanol–water partition coefficient (Wildman–Crippen LogP) is 2.65. The van der Waals surface area contributed by atoms with E-state index < -0.39 is 12.0 Å². The van der Waals surface area contributed by atoms with Crippen LogP contribution in [0.25, 0.3) is 16.2 Å². The van der Waals surface area contributed by atoms with Gasteiger partial charge < -0.3 is 20.5 Å². The third-order valence-electron chi connectivity index (χ3n) is 4.81. The Morgan fingerprint density at radius 3 is 2.64 bits per heavy atom. The lowest BCUT2D eigenvalue weighted by Crippen LogP contribution is -2.48. The van der Waals surface area contributed by atoms with Crippen LogP contribution in [0.5, 0.6) is 5.75 Å². The molecule has 150 valence electrons. The molecule has 0 aliphatic carbocycles. The summed E-state index contributed by atoms with van der Waals surface area (Å²) in [5, 5.41) is 15.5. The molecule has 11 heteroatoms. The van der Waals surface area contributed by atoms with E-state index in [1.807, 2.05) is 4.90 Å². The molecule has 1 aromatic carbocycles. The highest BCUT2D eigenvalue weighted by molar-refractivity contribution is 7.20. The van der Waals surface area contributed by atoms with Gasteiger partial charge in [-0.3, -0.25) is 0 Å². The molecule has 3 aromatic rings. The van der Waals surface area contributed by atoms with Crippen molar-refractivity contribution in [3.05, 3.63) is 30.5 Å². The average Bonchev–Trinajstić information content (AvgIpc) is 3.22. The fourth-order valence-corrected chi connectivity index (χ4v) is 4.13. The van der Waals surface area contributed by atoms with Crippen molar-refractivity contribution in [2.45, 2.75) is 24.8 Å². The molecule has 0 unspecified atom stereocenters. The largest absolute Gasteiger partial charge is 0.573 e. The van der Waals surface area contributed by atoms with Crippen LogP contribution in [0.4, 0.5) is 18.3 Å². The Labute approximate surface area is 162 Å². The number of hydrogen-bond acceptors (Lipinski definition) is 7. The lowest BCUT2D eigenvalue weighted by Gasteiger charge is -2.37. The van der Waals surface area contributed by atoms with Gasteiger partial charge in [0.1, 0.15) is 5.75 Å². The number of halogens is 3. The van der Waals surface area contributed by atoms with Crippen molar-refractivity contribution < 1.29 is 23.0 Å². The van der Waals surface area contributed by atoms with Gasteiger partial charge in [-0.1, -0.05) is 23.5 Å². The number of rotatable bonds is 4. The summed E-state index contributed by atoms with van der Waals surface area (Å²) in [5.41, 5.74) is 5.43. The molecule has 2 aromatic heterocycles. The van der Waals surface area contributed by atoms with Gasteiger partial charge in [-0.2, -0.15) is 0 Å². The van der Waals surface area contributed by atoms with Crippen LogP contribution < -0.4 is 15.4 Å². The second-order valence-electron chi connectivity index (χ2n) is 6.68. The van der Waals surface area contributed by atoms with Gasteiger partial charge in [-0.25, -0.2) is 9.50 Å². The summed E-state index contributed by atoms with van der Waals surface area (Å²) in [6.07, 6.45) is -2.26. The van der Waals surface area contributed by atoms with Crippen molar-refractivity contribution in [3.63, 3.8) is 0 Å². The molecule has 0 bridgehead atoms. The molecular formula is C17H18F3N5O2S. The molecule has 3 N–H and O–H groups in total. The molecule has 1 fully saturated rings. The van der Waals surface area contributed by atoms with E-state index in [2.05, 4.69) is 14.8 Å². The third kappa shape index (κ3) is 3.64. The maximum Gasteiger partial charge on any atom is 0.573 e. The van der Waals surface area contributed by atoms with Crippen LogP contribution in [0.1, 0.15) is 12.8 Å². The first-order valence-electron chi connectivity index (χ1n) is 8.65. The maximum atomic E-state index is 12.7. The highest BCUT2D eigenvalue weighted by atomic mass is 32.1. The van der Waals surface area contributed by atoms with Crippen LogP contribution in [0.2, 0.25) is 0 Å². The quantitative estimate of drug-likeness (QED) is 0.684. The van der Waals surface area contributed by atoms with Gasteiger partial charge in [0, 0.05) is 25.2 Å². The SMILES string of the molecule is NCC1(O)CCN(c2nn3c(-c4ccccc4OC(F)(F)F)cnc3s2)CC1. The van der Waals surface area contributed by atoms with Gasteiger partial charge in [0.2, 0.25) is 10.1 Å². The van der Waals surface area contributed by atoms with E-state index in [1.54, 1.807) is 6.07 Å². The normalized spacial score (nSPS) is 17.2. The minimum Gasteiger partial charge on any atom is -0.405 e. The monoisotopic (exact) mass is 413 g/mol. The Morgan fingerprint density at radius 1 is 1.25 bits per heavy atom. The van der Waals surface area contributed by atoms with Crippen molar-refractivity contribution in [3.8, 4) is 17.0 Å². The standard InChI is InChI=1S/C17H18F3N5O2S/c18-17(19,20)27-13-4-2-1-3-11(13)12-9-22-14-25(12)23-15(28-14)24-7-5-16(26,10-21)6-8-24/h1-4,9,26H,5-8,10,21H2. The van der Waals surface area contributed by atoms with E-state index in [1.165, 1.54) is 40.2 Å². The zero-order chi connectivity index (χ0) is 19.9. The Morgan fingerprint density at radius 2 is 1.96 bits per heavy atom. The van der Waals surface area contributed by atoms with Gasteiger partial charge in [0.25, 0.3) is 0 Å². The molecule has 0 atom stereocenters. The zero-order valence-corrected chi connectivity index (χ0v) is 15.5. The van der Waals surface area contributed by atoms with Crippen molar-refractivity contribution >= 4 is 21.4 Å². The van der Waals surface area contributed by atoms with Gasteiger partial charge in [0.15, 0.2) is 0 Å². The first-order valence-corrected chi connectivity index (χ1v) is 9.47. The fourth-order valence-electron chi connectivity index (χ4n) is 3.20. The van der Waals surface area contributed by atoms with E-state index in [0.717, 1.165) is 0 Å². The molecule has 3 heterocycles. The number of nitrogens with zero attached hydrogens (tertiary/aromatic N) is 4. The van der Waals surface area contributed by atoms with Crippen LogP contribution >= 0.6 is 11.3 Å². The minimum atomic E-state index is -4.79. The number of imidazole rings is 1. The van der Waals surface area contributed by atoms with Crippen molar-refractivity contribution in [1.29, 1.82) is 0 Å². The number of aliphatic hydroxyl groups is 1. The second-order valence-corrected chi connectivity index (χ2v) is 7.62. The van der Waals surface area contributed by atoms with Gasteiger partial charge in [-0.05, 0) is 25.0 Å². The summed E-state index contributed by atoms with van der Waals surface area (Å²) < 4.78 is 43.8.